The second-order valence-electron chi connectivity index (χ2n) is 4.59. The third-order valence-electron chi connectivity index (χ3n) is 3.22. The molecule has 0 fully saturated rings. The van der Waals surface area contributed by atoms with Gasteiger partial charge in [-0.25, -0.2) is 4.68 Å². The van der Waals surface area contributed by atoms with E-state index in [9.17, 15) is 4.79 Å². The first-order chi connectivity index (χ1) is 10.5. The monoisotopic (exact) mass is 462 g/mol. The molecule has 1 aromatic carbocycles. The first-order valence-electron chi connectivity index (χ1n) is 6.27. The lowest BCUT2D eigenvalue weighted by atomic mass is 10.2. The van der Waals surface area contributed by atoms with Gasteiger partial charge in [-0.15, -0.1) is 11.3 Å². The van der Waals surface area contributed by atoms with Gasteiger partial charge in [-0.1, -0.05) is 23.2 Å². The topological polar surface area (TPSA) is 34.9 Å². The van der Waals surface area contributed by atoms with Crippen molar-refractivity contribution in [3.05, 3.63) is 54.5 Å². The number of halogens is 3. The number of carbonyl (C=O) groups is 1. The molecule has 112 valence electrons. The van der Waals surface area contributed by atoms with Crippen molar-refractivity contribution in [2.75, 3.05) is 0 Å². The van der Waals surface area contributed by atoms with E-state index >= 15 is 0 Å². The Morgan fingerprint density at radius 3 is 2.64 bits per heavy atom. The van der Waals surface area contributed by atoms with Gasteiger partial charge in [0.1, 0.15) is 5.69 Å². The third kappa shape index (κ3) is 2.82. The number of carbonyl (C=O) groups excluding carboxylic acids is 1. The predicted octanol–water partition coefficient (Wildman–Crippen LogP) is 5.63. The van der Waals surface area contributed by atoms with Crippen molar-refractivity contribution in [3.8, 4) is 16.3 Å². The molecule has 0 aliphatic carbocycles. The number of rotatable bonds is 3. The van der Waals surface area contributed by atoms with Gasteiger partial charge >= 0.3 is 0 Å². The highest BCUT2D eigenvalue weighted by atomic mass is 127. The summed E-state index contributed by atoms with van der Waals surface area (Å²) in [5.41, 5.74) is 2.81. The fourth-order valence-electron chi connectivity index (χ4n) is 2.18. The van der Waals surface area contributed by atoms with E-state index in [4.69, 9.17) is 23.2 Å². The number of aldehydes is 1. The van der Waals surface area contributed by atoms with Gasteiger partial charge in [-0.2, -0.15) is 5.10 Å². The number of hydrogen-bond donors (Lipinski definition) is 0. The lowest BCUT2D eigenvalue weighted by Gasteiger charge is -2.09. The van der Waals surface area contributed by atoms with Gasteiger partial charge in [0.05, 0.1) is 24.2 Å². The van der Waals surface area contributed by atoms with Crippen LogP contribution in [0, 0.1) is 9.81 Å². The van der Waals surface area contributed by atoms with Gasteiger partial charge < -0.3 is 0 Å². The van der Waals surface area contributed by atoms with E-state index in [0.29, 0.717) is 21.4 Å². The zero-order chi connectivity index (χ0) is 15.9. The van der Waals surface area contributed by atoms with Crippen LogP contribution in [0.5, 0.6) is 0 Å². The second-order valence-corrected chi connectivity index (χ2v) is 8.41. The van der Waals surface area contributed by atoms with Crippen LogP contribution in [-0.2, 0) is 0 Å². The summed E-state index contributed by atoms with van der Waals surface area (Å²) in [6.07, 6.45) is 0.762. The number of benzene rings is 1. The van der Waals surface area contributed by atoms with Crippen LogP contribution in [0.2, 0.25) is 10.0 Å². The molecule has 3 aromatic rings. The maximum Gasteiger partial charge on any atom is 0.170 e. The summed E-state index contributed by atoms with van der Waals surface area (Å²) < 4.78 is 2.87. The normalized spacial score (nSPS) is 10.9. The lowest BCUT2D eigenvalue weighted by molar-refractivity contribution is 0.111. The average molecular weight is 463 g/mol. The maximum absolute atomic E-state index is 11.3. The number of hydrogen-bond acceptors (Lipinski definition) is 3. The Morgan fingerprint density at radius 1 is 1.27 bits per heavy atom. The molecule has 0 aliphatic heterocycles. The van der Waals surface area contributed by atoms with Crippen molar-refractivity contribution in [2.45, 2.75) is 6.92 Å². The van der Waals surface area contributed by atoms with Crippen LogP contribution in [0.15, 0.2) is 30.3 Å². The summed E-state index contributed by atoms with van der Waals surface area (Å²) in [5, 5.41) is 5.44. The molecule has 22 heavy (non-hydrogen) atoms. The van der Waals surface area contributed by atoms with E-state index in [1.54, 1.807) is 34.2 Å². The molecule has 0 radical (unpaired) electrons. The Morgan fingerprint density at radius 2 is 2.05 bits per heavy atom. The summed E-state index contributed by atoms with van der Waals surface area (Å²) in [5.74, 6) is 0. The maximum atomic E-state index is 11.3. The zero-order valence-corrected chi connectivity index (χ0v) is 15.8. The Labute approximate surface area is 155 Å². The second kappa shape index (κ2) is 6.31. The summed E-state index contributed by atoms with van der Waals surface area (Å²) in [4.78, 5) is 12.3. The summed E-state index contributed by atoms with van der Waals surface area (Å²) in [6.45, 7) is 1.89. The molecule has 2 heterocycles. The standard InChI is InChI=1S/C15H9Cl2IN2OS/c1-8-11(7-21)19-20(12-3-2-9(16)6-10(12)17)15(8)13-4-5-14(18)22-13/h2-7H,1H3. The predicted molar refractivity (Wildman–Crippen MR) is 99.7 cm³/mol. The Hall–Kier alpha value is -0.890. The molecular formula is C15H9Cl2IN2OS. The minimum Gasteiger partial charge on any atom is -0.296 e. The summed E-state index contributed by atoms with van der Waals surface area (Å²) in [6, 6.07) is 9.26. The van der Waals surface area contributed by atoms with Crippen LogP contribution < -0.4 is 0 Å². The first kappa shape index (κ1) is 16.0. The summed E-state index contributed by atoms with van der Waals surface area (Å²) in [7, 11) is 0. The molecule has 0 aliphatic rings. The molecule has 0 bridgehead atoms. The smallest absolute Gasteiger partial charge is 0.170 e. The van der Waals surface area contributed by atoms with Crippen molar-refractivity contribution in [1.29, 1.82) is 0 Å². The highest BCUT2D eigenvalue weighted by Crippen LogP contribution is 2.36. The van der Waals surface area contributed by atoms with Gasteiger partial charge in [-0.05, 0) is 59.8 Å². The van der Waals surface area contributed by atoms with Crippen molar-refractivity contribution in [3.63, 3.8) is 0 Å². The van der Waals surface area contributed by atoms with Gasteiger partial charge in [-0.3, -0.25) is 4.79 Å². The molecule has 0 N–H and O–H groups in total. The van der Waals surface area contributed by atoms with Gasteiger partial charge in [0.2, 0.25) is 0 Å². The fraction of sp³-hybridized carbons (Fsp3) is 0.0667. The van der Waals surface area contributed by atoms with Gasteiger partial charge in [0.15, 0.2) is 6.29 Å². The molecule has 0 saturated heterocycles. The molecule has 0 amide bonds. The Kier molecular flexibility index (Phi) is 4.59. The molecule has 7 heteroatoms. The Bertz CT molecular complexity index is 873. The lowest BCUT2D eigenvalue weighted by Crippen LogP contribution is -2.00. The SMILES string of the molecule is Cc1c(C=O)nn(-c2ccc(Cl)cc2Cl)c1-c1ccc(I)s1. The number of nitrogens with zero attached hydrogens (tertiary/aromatic N) is 2. The van der Waals surface area contributed by atoms with Gasteiger partial charge in [0, 0.05) is 10.6 Å². The van der Waals surface area contributed by atoms with E-state index in [1.807, 2.05) is 19.1 Å². The van der Waals surface area contributed by atoms with E-state index in [1.165, 1.54) is 0 Å². The van der Waals surface area contributed by atoms with E-state index < -0.39 is 0 Å². The minimum absolute atomic E-state index is 0.407. The average Bonchev–Trinajstić information content (AvgIpc) is 3.02. The molecule has 2 aromatic heterocycles. The van der Waals surface area contributed by atoms with Crippen LogP contribution in [0.1, 0.15) is 16.1 Å². The van der Waals surface area contributed by atoms with Gasteiger partial charge in [0.25, 0.3) is 0 Å². The molecule has 0 spiro atoms. The van der Waals surface area contributed by atoms with Crippen LogP contribution in [0.25, 0.3) is 16.3 Å². The van der Waals surface area contributed by atoms with Crippen LogP contribution in [0.3, 0.4) is 0 Å². The van der Waals surface area contributed by atoms with Crippen LogP contribution in [0.4, 0.5) is 0 Å². The largest absolute Gasteiger partial charge is 0.296 e. The van der Waals surface area contributed by atoms with Crippen molar-refractivity contribution < 1.29 is 4.79 Å². The van der Waals surface area contributed by atoms with Crippen LogP contribution >= 0.6 is 57.1 Å². The molecule has 0 unspecified atom stereocenters. The molecule has 3 rings (SSSR count). The first-order valence-corrected chi connectivity index (χ1v) is 8.92. The minimum atomic E-state index is 0.407. The highest BCUT2D eigenvalue weighted by Gasteiger charge is 2.19. The molecule has 0 atom stereocenters. The van der Waals surface area contributed by atoms with E-state index in [0.717, 1.165) is 25.3 Å². The zero-order valence-electron chi connectivity index (χ0n) is 11.3. The molecular weight excluding hydrogens is 454 g/mol. The van der Waals surface area contributed by atoms with Crippen molar-refractivity contribution in [2.24, 2.45) is 0 Å². The molecule has 3 nitrogen and oxygen atoms in total. The van der Waals surface area contributed by atoms with Crippen LogP contribution in [-0.4, -0.2) is 16.1 Å². The van der Waals surface area contributed by atoms with Crippen molar-refractivity contribution in [1.82, 2.24) is 9.78 Å². The highest BCUT2D eigenvalue weighted by molar-refractivity contribution is 14.1. The number of aromatic nitrogens is 2. The quantitative estimate of drug-likeness (QED) is 0.373. The Balaban J connectivity index is 2.29. The third-order valence-corrected chi connectivity index (χ3v) is 5.65. The molecule has 0 saturated carbocycles. The number of thiophene rings is 1. The van der Waals surface area contributed by atoms with Crippen molar-refractivity contribution >= 4 is 63.4 Å². The summed E-state index contributed by atoms with van der Waals surface area (Å²) >= 11 is 16.2. The van der Waals surface area contributed by atoms with E-state index in [-0.39, 0.29) is 0 Å². The fourth-order valence-corrected chi connectivity index (χ4v) is 4.38. The van der Waals surface area contributed by atoms with E-state index in [2.05, 4.69) is 27.7 Å².